The molecule has 1 fully saturated rings. The van der Waals surface area contributed by atoms with Crippen molar-refractivity contribution < 1.29 is 14.4 Å². The highest BCUT2D eigenvalue weighted by molar-refractivity contribution is 5.99. The molecule has 0 aliphatic carbocycles. The molecular weight excluding hydrogens is 382 g/mol. The summed E-state index contributed by atoms with van der Waals surface area (Å²) in [7, 11) is 0. The van der Waals surface area contributed by atoms with Crippen molar-refractivity contribution in [3.05, 3.63) is 52.8 Å². The Labute approximate surface area is 175 Å². The van der Waals surface area contributed by atoms with Crippen LogP contribution in [0.5, 0.6) is 0 Å². The van der Waals surface area contributed by atoms with Gasteiger partial charge < -0.3 is 15.1 Å². The summed E-state index contributed by atoms with van der Waals surface area (Å²) in [4.78, 5) is 41.3. The highest BCUT2D eigenvalue weighted by Gasteiger charge is 2.27. The van der Waals surface area contributed by atoms with Crippen LogP contribution in [0.25, 0.3) is 0 Å². The van der Waals surface area contributed by atoms with Crippen LogP contribution in [0.15, 0.2) is 30.3 Å². The molecule has 2 aromatic rings. The van der Waals surface area contributed by atoms with E-state index < -0.39 is 5.91 Å². The lowest BCUT2D eigenvalue weighted by Crippen LogP contribution is -2.38. The Morgan fingerprint density at radius 3 is 2.60 bits per heavy atom. The van der Waals surface area contributed by atoms with Gasteiger partial charge in [-0.1, -0.05) is 24.3 Å². The second-order valence-electron chi connectivity index (χ2n) is 7.92. The van der Waals surface area contributed by atoms with Gasteiger partial charge in [0.2, 0.25) is 5.91 Å². The Bertz CT molecular complexity index is 961. The van der Waals surface area contributed by atoms with Crippen LogP contribution in [0, 0.1) is 6.92 Å². The molecule has 0 unspecified atom stereocenters. The second kappa shape index (κ2) is 8.69. The summed E-state index contributed by atoms with van der Waals surface area (Å²) in [6.45, 7) is 5.23. The van der Waals surface area contributed by atoms with E-state index in [4.69, 9.17) is 0 Å². The van der Waals surface area contributed by atoms with Crippen LogP contribution in [-0.4, -0.2) is 63.5 Å². The molecule has 30 heavy (non-hydrogen) atoms. The maximum absolute atomic E-state index is 13.1. The molecule has 2 aliphatic heterocycles. The molecule has 0 bridgehead atoms. The van der Waals surface area contributed by atoms with Gasteiger partial charge in [0.15, 0.2) is 5.69 Å². The van der Waals surface area contributed by atoms with E-state index in [-0.39, 0.29) is 24.1 Å². The summed E-state index contributed by atoms with van der Waals surface area (Å²) in [6.07, 6.45) is 2.78. The number of carbonyl (C=O) groups is 3. The van der Waals surface area contributed by atoms with Gasteiger partial charge in [0.25, 0.3) is 11.8 Å². The minimum Gasteiger partial charge on any atom is -0.342 e. The van der Waals surface area contributed by atoms with E-state index in [9.17, 15) is 14.4 Å². The third-order valence-corrected chi connectivity index (χ3v) is 5.80. The smallest absolute Gasteiger partial charge is 0.272 e. The highest BCUT2D eigenvalue weighted by Crippen LogP contribution is 2.18. The molecule has 2 aliphatic rings. The van der Waals surface area contributed by atoms with Gasteiger partial charge in [-0.05, 0) is 37.3 Å². The molecule has 4 rings (SSSR count). The van der Waals surface area contributed by atoms with Gasteiger partial charge in [-0.15, -0.1) is 0 Å². The van der Waals surface area contributed by atoms with Gasteiger partial charge in [-0.3, -0.25) is 19.1 Å². The maximum Gasteiger partial charge on any atom is 0.272 e. The molecule has 0 spiro atoms. The molecule has 1 aromatic carbocycles. The molecule has 1 saturated heterocycles. The molecular formula is C22H27N5O3. The summed E-state index contributed by atoms with van der Waals surface area (Å²) in [5.41, 5.74) is 2.84. The Balaban J connectivity index is 1.44. The molecule has 3 amide bonds. The molecule has 8 heteroatoms. The van der Waals surface area contributed by atoms with E-state index in [0.717, 1.165) is 43.5 Å². The number of aromatic nitrogens is 2. The molecule has 0 atom stereocenters. The Morgan fingerprint density at radius 2 is 1.83 bits per heavy atom. The van der Waals surface area contributed by atoms with Crippen molar-refractivity contribution in [2.24, 2.45) is 0 Å². The number of nitrogens with one attached hydrogen (secondary N) is 1. The first-order valence-electron chi connectivity index (χ1n) is 10.5. The van der Waals surface area contributed by atoms with Crippen molar-refractivity contribution in [2.75, 3.05) is 26.2 Å². The zero-order valence-electron chi connectivity index (χ0n) is 17.3. The van der Waals surface area contributed by atoms with E-state index >= 15 is 0 Å². The van der Waals surface area contributed by atoms with Crippen LogP contribution in [0.3, 0.4) is 0 Å². The summed E-state index contributed by atoms with van der Waals surface area (Å²) in [6, 6.07) is 9.56. The average Bonchev–Trinajstić information content (AvgIpc) is 3.40. The minimum atomic E-state index is -0.429. The number of likely N-dealkylation sites (tertiary alicyclic amines) is 1. The van der Waals surface area contributed by atoms with Crippen LogP contribution in [0.2, 0.25) is 0 Å². The fraction of sp³-hybridized carbons (Fsp3) is 0.455. The lowest BCUT2D eigenvalue weighted by atomic mass is 10.1. The number of aryl methyl sites for hydroxylation is 2. The fourth-order valence-corrected chi connectivity index (χ4v) is 4.01. The summed E-state index contributed by atoms with van der Waals surface area (Å²) in [5, 5.41) is 6.97. The Kier molecular flexibility index (Phi) is 5.83. The standard InChI is InChI=1S/C22H27N5O3/c1-16-7-2-3-8-17(16)15-26-11-6-12-27-19(22(26)30)13-18(24-27)21(29)23-14-20(28)25-9-4-5-10-25/h2-3,7-8,13H,4-6,9-12,14-15H2,1H3,(H,23,29). The van der Waals surface area contributed by atoms with Crippen molar-refractivity contribution in [1.82, 2.24) is 24.9 Å². The van der Waals surface area contributed by atoms with Crippen LogP contribution in [0.1, 0.15) is 51.4 Å². The van der Waals surface area contributed by atoms with Crippen LogP contribution < -0.4 is 5.32 Å². The van der Waals surface area contributed by atoms with Crippen molar-refractivity contribution >= 4 is 17.7 Å². The van der Waals surface area contributed by atoms with Gasteiger partial charge in [0, 0.05) is 38.8 Å². The van der Waals surface area contributed by atoms with Gasteiger partial charge >= 0.3 is 0 Å². The van der Waals surface area contributed by atoms with Crippen LogP contribution >= 0.6 is 0 Å². The van der Waals surface area contributed by atoms with E-state index in [1.54, 1.807) is 14.5 Å². The first kappa shape index (κ1) is 20.1. The molecule has 3 heterocycles. The molecule has 8 nitrogen and oxygen atoms in total. The topological polar surface area (TPSA) is 87.5 Å². The predicted molar refractivity (Wildman–Crippen MR) is 111 cm³/mol. The number of carbonyl (C=O) groups excluding carboxylic acids is 3. The average molecular weight is 409 g/mol. The number of hydrogen-bond donors (Lipinski definition) is 1. The van der Waals surface area contributed by atoms with Crippen LogP contribution in [-0.2, 0) is 17.9 Å². The minimum absolute atomic E-state index is 0.0472. The molecule has 158 valence electrons. The molecule has 1 aromatic heterocycles. The van der Waals surface area contributed by atoms with Crippen molar-refractivity contribution in [1.29, 1.82) is 0 Å². The number of amides is 3. The van der Waals surface area contributed by atoms with Gasteiger partial charge in [-0.25, -0.2) is 0 Å². The number of hydrogen-bond acceptors (Lipinski definition) is 4. The monoisotopic (exact) mass is 409 g/mol. The van der Waals surface area contributed by atoms with Crippen molar-refractivity contribution in [2.45, 2.75) is 39.3 Å². The lowest BCUT2D eigenvalue weighted by Gasteiger charge is -2.21. The maximum atomic E-state index is 13.1. The summed E-state index contributed by atoms with van der Waals surface area (Å²) in [5.74, 6) is -0.640. The van der Waals surface area contributed by atoms with Crippen molar-refractivity contribution in [3.8, 4) is 0 Å². The van der Waals surface area contributed by atoms with E-state index in [1.165, 1.54) is 6.07 Å². The zero-order chi connectivity index (χ0) is 21.1. The van der Waals surface area contributed by atoms with E-state index in [2.05, 4.69) is 10.4 Å². The number of rotatable bonds is 5. The van der Waals surface area contributed by atoms with Gasteiger partial charge in [0.05, 0.1) is 6.54 Å². The second-order valence-corrected chi connectivity index (χ2v) is 7.92. The predicted octanol–water partition coefficient (Wildman–Crippen LogP) is 1.59. The zero-order valence-corrected chi connectivity index (χ0v) is 17.3. The Morgan fingerprint density at radius 1 is 1.07 bits per heavy atom. The number of nitrogens with zero attached hydrogens (tertiary/aromatic N) is 4. The molecule has 0 saturated carbocycles. The Hall–Kier alpha value is -3.16. The quantitative estimate of drug-likeness (QED) is 0.812. The van der Waals surface area contributed by atoms with Crippen molar-refractivity contribution in [3.63, 3.8) is 0 Å². The largest absolute Gasteiger partial charge is 0.342 e. The first-order chi connectivity index (χ1) is 14.5. The third kappa shape index (κ3) is 4.22. The summed E-state index contributed by atoms with van der Waals surface area (Å²) < 4.78 is 1.61. The van der Waals surface area contributed by atoms with E-state index in [1.807, 2.05) is 31.2 Å². The van der Waals surface area contributed by atoms with E-state index in [0.29, 0.717) is 25.3 Å². The normalized spacial score (nSPS) is 16.4. The third-order valence-electron chi connectivity index (χ3n) is 5.80. The highest BCUT2D eigenvalue weighted by atomic mass is 16.2. The molecule has 0 radical (unpaired) electrons. The SMILES string of the molecule is Cc1ccccc1CN1CCCn2nc(C(=O)NCC(=O)N3CCCC3)cc2C1=O. The van der Waals surface area contributed by atoms with Crippen LogP contribution in [0.4, 0.5) is 0 Å². The molecule has 1 N–H and O–H groups in total. The number of fused-ring (bicyclic) bond motifs is 1. The fourth-order valence-electron chi connectivity index (χ4n) is 4.01. The number of benzene rings is 1. The van der Waals surface area contributed by atoms with Gasteiger partial charge in [-0.2, -0.15) is 5.10 Å². The summed E-state index contributed by atoms with van der Waals surface area (Å²) >= 11 is 0. The first-order valence-corrected chi connectivity index (χ1v) is 10.5. The van der Waals surface area contributed by atoms with Gasteiger partial charge in [0.1, 0.15) is 5.69 Å². The lowest BCUT2D eigenvalue weighted by molar-refractivity contribution is -0.129.